The van der Waals surface area contributed by atoms with Crippen LogP contribution in [0.3, 0.4) is 0 Å². The topological polar surface area (TPSA) is 106 Å². The molecule has 25 heavy (non-hydrogen) atoms. The SMILES string of the molecule is C=C1NC(=O)N[C@@H](c2ccc(O)c(OCC)c2)[C@@H]1C(=O)OCCOC. The van der Waals surface area contributed by atoms with Crippen LogP contribution in [-0.2, 0) is 14.3 Å². The lowest BCUT2D eigenvalue weighted by molar-refractivity contribution is -0.149. The molecule has 2 amide bonds. The van der Waals surface area contributed by atoms with Gasteiger partial charge in [0.05, 0.1) is 19.3 Å². The predicted molar refractivity (Wildman–Crippen MR) is 89.1 cm³/mol. The first kappa shape index (κ1) is 18.6. The van der Waals surface area contributed by atoms with E-state index in [4.69, 9.17) is 14.2 Å². The maximum Gasteiger partial charge on any atom is 0.319 e. The molecule has 1 fully saturated rings. The number of carbonyl (C=O) groups excluding carboxylic acids is 2. The van der Waals surface area contributed by atoms with E-state index < -0.39 is 24.0 Å². The van der Waals surface area contributed by atoms with Gasteiger partial charge in [0.25, 0.3) is 0 Å². The molecule has 1 saturated heterocycles. The Bertz CT molecular complexity index is 661. The first-order valence-corrected chi connectivity index (χ1v) is 7.85. The number of rotatable bonds is 7. The van der Waals surface area contributed by atoms with E-state index >= 15 is 0 Å². The fourth-order valence-electron chi connectivity index (χ4n) is 2.55. The first-order valence-electron chi connectivity index (χ1n) is 7.85. The Balaban J connectivity index is 2.30. The zero-order chi connectivity index (χ0) is 18.4. The molecule has 1 aromatic rings. The summed E-state index contributed by atoms with van der Waals surface area (Å²) in [6, 6.07) is 3.47. The fraction of sp³-hybridized carbons (Fsp3) is 0.412. The molecule has 3 N–H and O–H groups in total. The van der Waals surface area contributed by atoms with E-state index in [9.17, 15) is 14.7 Å². The van der Waals surface area contributed by atoms with Crippen LogP contribution in [0.1, 0.15) is 18.5 Å². The van der Waals surface area contributed by atoms with E-state index in [0.29, 0.717) is 12.2 Å². The number of esters is 1. The molecular weight excluding hydrogens is 328 g/mol. The van der Waals surface area contributed by atoms with Crippen molar-refractivity contribution in [2.24, 2.45) is 5.92 Å². The first-order chi connectivity index (χ1) is 12.0. The van der Waals surface area contributed by atoms with Gasteiger partial charge in [-0.2, -0.15) is 0 Å². The lowest BCUT2D eigenvalue weighted by atomic mass is 9.89. The van der Waals surface area contributed by atoms with Crippen molar-refractivity contribution < 1.29 is 28.9 Å². The lowest BCUT2D eigenvalue weighted by Crippen LogP contribution is -2.51. The van der Waals surface area contributed by atoms with E-state index in [2.05, 4.69) is 17.2 Å². The summed E-state index contributed by atoms with van der Waals surface area (Å²) >= 11 is 0. The number of hydrogen-bond donors (Lipinski definition) is 3. The number of benzene rings is 1. The molecule has 0 bridgehead atoms. The van der Waals surface area contributed by atoms with Gasteiger partial charge in [-0.1, -0.05) is 12.6 Å². The minimum absolute atomic E-state index is 0.0242. The third-order valence-electron chi connectivity index (χ3n) is 3.70. The number of amides is 2. The number of phenols is 1. The van der Waals surface area contributed by atoms with Crippen molar-refractivity contribution in [3.05, 3.63) is 36.0 Å². The summed E-state index contributed by atoms with van der Waals surface area (Å²) in [4.78, 5) is 24.3. The normalized spacial score (nSPS) is 19.8. The second kappa shape index (κ2) is 8.39. The molecule has 0 saturated carbocycles. The number of methoxy groups -OCH3 is 1. The van der Waals surface area contributed by atoms with Gasteiger partial charge >= 0.3 is 12.0 Å². The van der Waals surface area contributed by atoms with Crippen LogP contribution in [0, 0.1) is 5.92 Å². The fourth-order valence-corrected chi connectivity index (χ4v) is 2.55. The third kappa shape index (κ3) is 4.42. The number of aromatic hydroxyl groups is 1. The van der Waals surface area contributed by atoms with Gasteiger partial charge in [-0.05, 0) is 24.6 Å². The van der Waals surface area contributed by atoms with Crippen LogP contribution in [0.25, 0.3) is 0 Å². The quantitative estimate of drug-likeness (QED) is 0.508. The van der Waals surface area contributed by atoms with Gasteiger partial charge in [0.2, 0.25) is 0 Å². The second-order valence-corrected chi connectivity index (χ2v) is 5.40. The molecule has 1 heterocycles. The molecule has 1 aliphatic heterocycles. The maximum atomic E-state index is 12.4. The highest BCUT2D eigenvalue weighted by atomic mass is 16.6. The average molecular weight is 350 g/mol. The van der Waals surface area contributed by atoms with Crippen LogP contribution in [0.5, 0.6) is 11.5 Å². The van der Waals surface area contributed by atoms with Crippen molar-refractivity contribution in [2.75, 3.05) is 26.9 Å². The Morgan fingerprint density at radius 2 is 2.12 bits per heavy atom. The molecular formula is C17H22N2O6. The van der Waals surface area contributed by atoms with Crippen LogP contribution >= 0.6 is 0 Å². The summed E-state index contributed by atoms with van der Waals surface area (Å²) in [5.41, 5.74) is 0.827. The highest BCUT2D eigenvalue weighted by Gasteiger charge is 2.39. The third-order valence-corrected chi connectivity index (χ3v) is 3.70. The minimum atomic E-state index is -0.825. The second-order valence-electron chi connectivity index (χ2n) is 5.40. The van der Waals surface area contributed by atoms with Crippen molar-refractivity contribution in [1.82, 2.24) is 10.6 Å². The zero-order valence-corrected chi connectivity index (χ0v) is 14.2. The van der Waals surface area contributed by atoms with E-state index in [1.165, 1.54) is 13.2 Å². The Morgan fingerprint density at radius 3 is 2.80 bits per heavy atom. The minimum Gasteiger partial charge on any atom is -0.504 e. The van der Waals surface area contributed by atoms with Gasteiger partial charge in [0.1, 0.15) is 12.5 Å². The summed E-state index contributed by atoms with van der Waals surface area (Å²) in [7, 11) is 1.50. The molecule has 0 radical (unpaired) electrons. The average Bonchev–Trinajstić information content (AvgIpc) is 2.56. The number of ether oxygens (including phenoxy) is 3. The monoisotopic (exact) mass is 350 g/mol. The molecule has 0 aliphatic carbocycles. The molecule has 136 valence electrons. The lowest BCUT2D eigenvalue weighted by Gasteiger charge is -2.33. The summed E-state index contributed by atoms with van der Waals surface area (Å²) in [5, 5.41) is 15.0. The maximum absolute atomic E-state index is 12.4. The van der Waals surface area contributed by atoms with Crippen LogP contribution in [0.15, 0.2) is 30.5 Å². The van der Waals surface area contributed by atoms with E-state index in [0.717, 1.165) is 0 Å². The molecule has 1 aromatic carbocycles. The molecule has 8 heteroatoms. The standard InChI is InChI=1S/C17H22N2O6/c1-4-24-13-9-11(5-6-12(13)20)15-14(10(2)18-17(22)19-15)16(21)25-8-7-23-3/h5-6,9,14-15,20H,2,4,7-8H2,1,3H3,(H2,18,19,22)/t14-,15+/m1/s1. The highest BCUT2D eigenvalue weighted by Crippen LogP contribution is 2.35. The molecule has 2 atom stereocenters. The molecule has 1 aliphatic rings. The molecule has 2 rings (SSSR count). The van der Waals surface area contributed by atoms with Gasteiger partial charge in [0.15, 0.2) is 11.5 Å². The van der Waals surface area contributed by atoms with Gasteiger partial charge < -0.3 is 30.0 Å². The number of carbonyl (C=O) groups is 2. The van der Waals surface area contributed by atoms with Gasteiger partial charge in [-0.15, -0.1) is 0 Å². The number of phenolic OH excluding ortho intramolecular Hbond substituents is 1. The number of hydrogen-bond acceptors (Lipinski definition) is 6. The van der Waals surface area contributed by atoms with Crippen molar-refractivity contribution in [2.45, 2.75) is 13.0 Å². The number of urea groups is 1. The number of nitrogens with one attached hydrogen (secondary N) is 2. The molecule has 0 spiro atoms. The van der Waals surface area contributed by atoms with Crippen molar-refractivity contribution in [3.63, 3.8) is 0 Å². The van der Waals surface area contributed by atoms with Crippen molar-refractivity contribution in [3.8, 4) is 11.5 Å². The summed E-state index contributed by atoms with van der Waals surface area (Å²) in [6.45, 7) is 6.28. The summed E-state index contributed by atoms with van der Waals surface area (Å²) in [6.07, 6.45) is 0. The van der Waals surface area contributed by atoms with Gasteiger partial charge in [-0.3, -0.25) is 4.79 Å². The predicted octanol–water partition coefficient (Wildman–Crippen LogP) is 1.46. The Kier molecular flexibility index (Phi) is 6.24. The smallest absolute Gasteiger partial charge is 0.319 e. The van der Waals surface area contributed by atoms with Crippen molar-refractivity contribution in [1.29, 1.82) is 0 Å². The molecule has 8 nitrogen and oxygen atoms in total. The Morgan fingerprint density at radius 1 is 1.36 bits per heavy atom. The van der Waals surface area contributed by atoms with Crippen LogP contribution in [0.4, 0.5) is 4.79 Å². The molecule has 0 aromatic heterocycles. The van der Waals surface area contributed by atoms with E-state index in [-0.39, 0.29) is 30.4 Å². The summed E-state index contributed by atoms with van der Waals surface area (Å²) < 4.78 is 15.4. The van der Waals surface area contributed by atoms with Crippen LogP contribution in [0.2, 0.25) is 0 Å². The molecule has 0 unspecified atom stereocenters. The van der Waals surface area contributed by atoms with E-state index in [1.54, 1.807) is 19.1 Å². The van der Waals surface area contributed by atoms with Gasteiger partial charge in [-0.25, -0.2) is 4.79 Å². The van der Waals surface area contributed by atoms with E-state index in [1.807, 2.05) is 0 Å². The zero-order valence-electron chi connectivity index (χ0n) is 14.2. The van der Waals surface area contributed by atoms with Gasteiger partial charge in [0, 0.05) is 12.8 Å². The Labute approximate surface area is 145 Å². The largest absolute Gasteiger partial charge is 0.504 e. The van der Waals surface area contributed by atoms with Crippen molar-refractivity contribution >= 4 is 12.0 Å². The summed E-state index contributed by atoms with van der Waals surface area (Å²) in [5.74, 6) is -1.12. The van der Waals surface area contributed by atoms with Crippen LogP contribution < -0.4 is 15.4 Å². The van der Waals surface area contributed by atoms with Crippen LogP contribution in [-0.4, -0.2) is 44.0 Å². The highest BCUT2D eigenvalue weighted by molar-refractivity contribution is 5.85. The Hall–Kier alpha value is -2.74.